The molecule has 0 radical (unpaired) electrons. The second-order valence-electron chi connectivity index (χ2n) is 5.60. The van der Waals surface area contributed by atoms with Crippen LogP contribution in [0.1, 0.15) is 12.8 Å². The summed E-state index contributed by atoms with van der Waals surface area (Å²) in [6.45, 7) is 2.92. The van der Waals surface area contributed by atoms with Crippen molar-refractivity contribution in [3.63, 3.8) is 0 Å². The van der Waals surface area contributed by atoms with Crippen LogP contribution < -0.4 is 10.9 Å². The summed E-state index contributed by atoms with van der Waals surface area (Å²) in [5, 5.41) is 4.48. The fourth-order valence-corrected chi connectivity index (χ4v) is 2.88. The lowest BCUT2D eigenvalue weighted by Crippen LogP contribution is -2.39. The van der Waals surface area contributed by atoms with Crippen molar-refractivity contribution in [3.05, 3.63) is 40.8 Å². The molecule has 0 unspecified atom stereocenters. The minimum absolute atomic E-state index is 0.308. The first-order valence-electron chi connectivity index (χ1n) is 7.67. The van der Waals surface area contributed by atoms with Gasteiger partial charge in [-0.15, -0.1) is 5.92 Å². The summed E-state index contributed by atoms with van der Waals surface area (Å²) < 4.78 is 5.23. The molecule has 3 rings (SSSR count). The van der Waals surface area contributed by atoms with Crippen molar-refractivity contribution in [2.45, 2.75) is 18.9 Å². The van der Waals surface area contributed by atoms with E-state index in [1.807, 2.05) is 32.1 Å². The lowest BCUT2D eigenvalue weighted by molar-refractivity contribution is 0.243. The molecule has 1 N–H and O–H groups in total. The molecule has 0 bridgehead atoms. The molecule has 0 amide bonds. The van der Waals surface area contributed by atoms with Crippen molar-refractivity contribution in [2.75, 3.05) is 25.0 Å². The Balaban J connectivity index is 1.72. The Labute approximate surface area is 130 Å². The van der Waals surface area contributed by atoms with Crippen LogP contribution in [0.15, 0.2) is 39.5 Å². The van der Waals surface area contributed by atoms with Crippen LogP contribution in [-0.2, 0) is 0 Å². The largest absolute Gasteiger partial charge is 0.423 e. The summed E-state index contributed by atoms with van der Waals surface area (Å²) in [5.41, 5.74) is 1.20. The molecule has 0 saturated carbocycles. The van der Waals surface area contributed by atoms with Gasteiger partial charge in [-0.2, -0.15) is 5.82 Å². The minimum Gasteiger partial charge on any atom is -0.423 e. The third-order valence-electron chi connectivity index (χ3n) is 4.08. The number of benzene rings is 1. The van der Waals surface area contributed by atoms with Crippen molar-refractivity contribution in [1.82, 2.24) is 4.90 Å². The number of nitrogens with zero attached hydrogens (tertiary/aromatic N) is 1. The zero-order valence-corrected chi connectivity index (χ0v) is 12.8. The molecule has 1 fully saturated rings. The summed E-state index contributed by atoms with van der Waals surface area (Å²) in [6.07, 6.45) is 2.11. The Morgan fingerprint density at radius 1 is 1.32 bits per heavy atom. The van der Waals surface area contributed by atoms with Crippen LogP contribution in [0.3, 0.4) is 0 Å². The predicted molar refractivity (Wildman–Crippen MR) is 91.9 cm³/mol. The normalized spacial score (nSPS) is 16.2. The van der Waals surface area contributed by atoms with Crippen LogP contribution in [-0.4, -0.2) is 38.4 Å². The number of hydrogen-bond donors (Lipinski definition) is 1. The van der Waals surface area contributed by atoms with Crippen molar-refractivity contribution in [1.29, 1.82) is 0 Å². The number of anilines is 1. The number of nitrogens with one attached hydrogen (secondary N) is 1. The van der Waals surface area contributed by atoms with Gasteiger partial charge >= 0.3 is 5.63 Å². The Morgan fingerprint density at radius 3 is 2.86 bits per heavy atom. The van der Waals surface area contributed by atoms with Gasteiger partial charge in [-0.05, 0) is 25.0 Å². The third-order valence-corrected chi connectivity index (χ3v) is 4.08. The van der Waals surface area contributed by atoms with Gasteiger partial charge in [-0.25, -0.2) is 4.79 Å². The summed E-state index contributed by atoms with van der Waals surface area (Å²) >= 11 is 0. The highest BCUT2D eigenvalue weighted by atomic mass is 16.4. The highest BCUT2D eigenvalue weighted by Gasteiger charge is 2.19. The van der Waals surface area contributed by atoms with E-state index in [9.17, 15) is 4.79 Å². The van der Waals surface area contributed by atoms with Gasteiger partial charge < -0.3 is 9.73 Å². The van der Waals surface area contributed by atoms with Gasteiger partial charge in [0.25, 0.3) is 0 Å². The van der Waals surface area contributed by atoms with Crippen LogP contribution >= 0.6 is 0 Å². The van der Waals surface area contributed by atoms with Gasteiger partial charge in [0, 0.05) is 30.6 Å². The van der Waals surface area contributed by atoms with Crippen molar-refractivity contribution in [3.8, 4) is 11.7 Å². The van der Waals surface area contributed by atoms with Crippen LogP contribution in [0.25, 0.3) is 11.0 Å². The van der Waals surface area contributed by atoms with Crippen LogP contribution in [0.5, 0.6) is 0 Å². The number of fused-ring (bicyclic) bond motifs is 1. The van der Waals surface area contributed by atoms with E-state index in [4.69, 9.17) is 4.42 Å². The van der Waals surface area contributed by atoms with Crippen molar-refractivity contribution < 1.29 is 4.42 Å². The number of hydrogen-bond acceptors (Lipinski definition) is 4. The molecular formula is C17H19BN2O2. The number of piperidine rings is 1. The molecule has 112 valence electrons. The van der Waals surface area contributed by atoms with Gasteiger partial charge in [-0.1, -0.05) is 12.1 Å². The molecule has 1 aromatic heterocycles. The monoisotopic (exact) mass is 294 g/mol. The fourth-order valence-electron chi connectivity index (χ4n) is 2.88. The molecule has 0 atom stereocenters. The molecule has 1 aliphatic rings. The van der Waals surface area contributed by atoms with Crippen LogP contribution in [0, 0.1) is 11.7 Å². The van der Waals surface area contributed by atoms with Crippen LogP contribution in [0.4, 0.5) is 5.69 Å². The Kier molecular flexibility index (Phi) is 4.50. The first-order chi connectivity index (χ1) is 10.8. The van der Waals surface area contributed by atoms with Gasteiger partial charge in [0.05, 0.1) is 12.2 Å². The molecule has 0 aliphatic carbocycles. The second-order valence-corrected chi connectivity index (χ2v) is 5.60. The molecule has 1 aliphatic heterocycles. The third kappa shape index (κ3) is 3.34. The Bertz CT molecular complexity index is 767. The number of likely N-dealkylation sites (tertiary alicyclic amines) is 1. The molecule has 2 heterocycles. The van der Waals surface area contributed by atoms with E-state index in [-0.39, 0.29) is 5.63 Å². The van der Waals surface area contributed by atoms with Gasteiger partial charge in [-0.3, -0.25) is 4.90 Å². The van der Waals surface area contributed by atoms with E-state index in [1.54, 1.807) is 6.07 Å². The second kappa shape index (κ2) is 6.72. The van der Waals surface area contributed by atoms with E-state index in [2.05, 4.69) is 22.0 Å². The molecule has 0 spiro atoms. The summed E-state index contributed by atoms with van der Waals surface area (Å²) in [7, 11) is 1.88. The quantitative estimate of drug-likeness (QED) is 0.526. The van der Waals surface area contributed by atoms with Crippen molar-refractivity contribution >= 4 is 24.5 Å². The summed E-state index contributed by atoms with van der Waals surface area (Å²) in [5.74, 6) is 6.06. The predicted octanol–water partition coefficient (Wildman–Crippen LogP) is 1.26. The lowest BCUT2D eigenvalue weighted by atomic mass is 10.0. The zero-order valence-electron chi connectivity index (χ0n) is 12.8. The lowest BCUT2D eigenvalue weighted by Gasteiger charge is -2.31. The van der Waals surface area contributed by atoms with Gasteiger partial charge in [0.2, 0.25) is 0 Å². The van der Waals surface area contributed by atoms with Gasteiger partial charge in [0.1, 0.15) is 5.58 Å². The van der Waals surface area contributed by atoms with Gasteiger partial charge in [0.15, 0.2) is 7.85 Å². The SMILES string of the molecule is BC#CCN1CCC(Nc2cc(=O)oc3ccccc23)CC1. The standard InChI is InChI=1S/C17H19BN2O2/c18-8-3-9-20-10-6-13(7-11-20)19-15-12-17(21)22-16-5-2-1-4-14(15)16/h1-2,4-5,12-13,19H,6-7,9-11,18H2. The molecule has 1 saturated heterocycles. The first kappa shape index (κ1) is 14.7. The van der Waals surface area contributed by atoms with E-state index in [0.29, 0.717) is 11.6 Å². The Morgan fingerprint density at radius 2 is 2.09 bits per heavy atom. The molecule has 2 aromatic rings. The average Bonchev–Trinajstić information content (AvgIpc) is 2.54. The van der Waals surface area contributed by atoms with E-state index in [0.717, 1.165) is 43.5 Å². The molecule has 1 aromatic carbocycles. The molecule has 22 heavy (non-hydrogen) atoms. The molecule has 4 nitrogen and oxygen atoms in total. The maximum atomic E-state index is 11.7. The topological polar surface area (TPSA) is 45.5 Å². The molecule has 5 heteroatoms. The zero-order chi connectivity index (χ0) is 15.4. The van der Waals surface area contributed by atoms with E-state index >= 15 is 0 Å². The fraction of sp³-hybridized carbons (Fsp3) is 0.353. The maximum absolute atomic E-state index is 11.7. The van der Waals surface area contributed by atoms with Crippen LogP contribution in [0.2, 0.25) is 0 Å². The maximum Gasteiger partial charge on any atom is 0.338 e. The summed E-state index contributed by atoms with van der Waals surface area (Å²) in [6, 6.07) is 9.58. The highest BCUT2D eigenvalue weighted by molar-refractivity contribution is 6.22. The smallest absolute Gasteiger partial charge is 0.338 e. The van der Waals surface area contributed by atoms with E-state index < -0.39 is 0 Å². The van der Waals surface area contributed by atoms with E-state index in [1.165, 1.54) is 0 Å². The number of rotatable bonds is 3. The van der Waals surface area contributed by atoms with Crippen molar-refractivity contribution in [2.24, 2.45) is 0 Å². The first-order valence-corrected chi connectivity index (χ1v) is 7.67. The highest BCUT2D eigenvalue weighted by Crippen LogP contribution is 2.23. The Hall–Kier alpha value is -2.19. The summed E-state index contributed by atoms with van der Waals surface area (Å²) in [4.78, 5) is 14.1. The average molecular weight is 294 g/mol. The minimum atomic E-state index is -0.308. The molecular weight excluding hydrogens is 275 g/mol. The number of para-hydroxylation sites is 1.